The van der Waals surface area contributed by atoms with E-state index < -0.39 is 0 Å². The second kappa shape index (κ2) is 15.1. The summed E-state index contributed by atoms with van der Waals surface area (Å²) in [7, 11) is 0. The summed E-state index contributed by atoms with van der Waals surface area (Å²) in [5.41, 5.74) is 13.5. The molecule has 0 aliphatic heterocycles. The van der Waals surface area contributed by atoms with E-state index in [2.05, 4.69) is 243 Å². The van der Waals surface area contributed by atoms with Gasteiger partial charge in [0.25, 0.3) is 0 Å². The Bertz CT molecular complexity index is 4630. The topological polar surface area (TPSA) is 58.4 Å². The minimum absolute atomic E-state index is 0.0580. The van der Waals surface area contributed by atoms with Crippen LogP contribution in [0, 0.1) is 5.92 Å². The van der Waals surface area contributed by atoms with Crippen LogP contribution in [-0.4, -0.2) is 33.2 Å². The van der Waals surface area contributed by atoms with Gasteiger partial charge in [-0.3, -0.25) is 9.13 Å². The largest absolute Gasteiger partial charge is 0.309 e. The monoisotopic (exact) mass is 921 g/mol. The van der Waals surface area contributed by atoms with Gasteiger partial charge in [0.15, 0.2) is 5.82 Å². The predicted molar refractivity (Wildman–Crippen MR) is 297 cm³/mol. The Hall–Kier alpha value is -9.33. The summed E-state index contributed by atoms with van der Waals surface area (Å²) in [6.45, 7) is 0. The highest BCUT2D eigenvalue weighted by atomic mass is 15.3. The summed E-state index contributed by atoms with van der Waals surface area (Å²) < 4.78 is 9.61. The highest BCUT2D eigenvalue weighted by molar-refractivity contribution is 6.28. The SMILES string of the molecule is C1=CCCC(c2nc(-n3c4c(c5ccc6c(c7ccc8ccccc8c7n6-c6ccccc6)c53)C=CC3C=CC=C[C@@H]43)nc(-n3c4ccccc4c4c3ccc3c5ccccc5n(-c5ccccc5)c34)n2)=C1. The van der Waals surface area contributed by atoms with Gasteiger partial charge >= 0.3 is 0 Å². The molecular weight excluding hydrogens is 879 g/mol. The normalized spacial score (nSPS) is 16.4. The number of para-hydroxylation sites is 4. The van der Waals surface area contributed by atoms with Crippen molar-refractivity contribution in [1.29, 1.82) is 0 Å². The van der Waals surface area contributed by atoms with Gasteiger partial charge in [-0.1, -0.05) is 176 Å². The molecule has 13 aromatic rings. The molecule has 8 aromatic carbocycles. The van der Waals surface area contributed by atoms with E-state index in [1.807, 2.05) is 0 Å². The first kappa shape index (κ1) is 39.5. The molecule has 72 heavy (non-hydrogen) atoms. The lowest BCUT2D eigenvalue weighted by molar-refractivity contribution is 0.653. The van der Waals surface area contributed by atoms with E-state index in [9.17, 15) is 0 Å². The van der Waals surface area contributed by atoms with Crippen molar-refractivity contribution in [2.45, 2.75) is 18.8 Å². The van der Waals surface area contributed by atoms with E-state index in [4.69, 9.17) is 15.0 Å². The van der Waals surface area contributed by atoms with Gasteiger partial charge in [-0.05, 0) is 72.3 Å². The fraction of sp³-hybridized carbons (Fsp3) is 0.0615. The van der Waals surface area contributed by atoms with Crippen LogP contribution in [0.15, 0.2) is 218 Å². The zero-order valence-electron chi connectivity index (χ0n) is 39.1. The highest BCUT2D eigenvalue weighted by Crippen LogP contribution is 2.49. The first-order valence-corrected chi connectivity index (χ1v) is 25.0. The summed E-state index contributed by atoms with van der Waals surface area (Å²) in [4.78, 5) is 17.0. The van der Waals surface area contributed by atoms with Crippen molar-refractivity contribution in [3.05, 3.63) is 236 Å². The zero-order chi connectivity index (χ0) is 47.0. The summed E-state index contributed by atoms with van der Waals surface area (Å²) in [6, 6.07) is 61.7. The molecule has 7 heteroatoms. The first-order valence-electron chi connectivity index (χ1n) is 25.0. The van der Waals surface area contributed by atoms with Crippen molar-refractivity contribution in [1.82, 2.24) is 33.2 Å². The maximum Gasteiger partial charge on any atom is 0.240 e. The van der Waals surface area contributed by atoms with Crippen molar-refractivity contribution in [2.24, 2.45) is 5.92 Å². The van der Waals surface area contributed by atoms with Gasteiger partial charge in [-0.2, -0.15) is 15.0 Å². The summed E-state index contributed by atoms with van der Waals surface area (Å²) in [5.74, 6) is 2.11. The second-order valence-electron chi connectivity index (χ2n) is 19.4. The summed E-state index contributed by atoms with van der Waals surface area (Å²) >= 11 is 0. The standard InChI is InChI=1S/C65H43N7/c1-4-20-42(21-5-1)63-66-64(71-54-31-17-15-29-51(54)57-56(71)39-36-48-47-28-14-16-30-53(47)69(61(48)57)43-22-6-2-7-23-43)68-65(67-63)72-59-45-26-12-10-18-40(45)32-34-49(59)50-37-38-55-58(62(50)72)52-35-33-41-19-11-13-27-46(41)60(52)70(55)44-24-8-3-9-25-44/h1-4,6-20,22-40,45H,5,21H2/t40?,45-/m1/s1. The molecule has 1 unspecified atom stereocenters. The Morgan fingerprint density at radius 3 is 1.81 bits per heavy atom. The third-order valence-corrected chi connectivity index (χ3v) is 15.6. The van der Waals surface area contributed by atoms with Gasteiger partial charge in [-0.25, -0.2) is 0 Å². The molecular formula is C65H43N7. The lowest BCUT2D eigenvalue weighted by atomic mass is 9.80. The van der Waals surface area contributed by atoms with Crippen LogP contribution in [0.4, 0.5) is 0 Å². The molecule has 0 amide bonds. The minimum atomic E-state index is 0.0580. The fourth-order valence-corrected chi connectivity index (χ4v) is 12.6. The Morgan fingerprint density at radius 1 is 0.417 bits per heavy atom. The molecule has 5 heterocycles. The van der Waals surface area contributed by atoms with Gasteiger partial charge < -0.3 is 9.13 Å². The van der Waals surface area contributed by atoms with Gasteiger partial charge in [0.1, 0.15) is 0 Å². The lowest BCUT2D eigenvalue weighted by Crippen LogP contribution is -2.19. The van der Waals surface area contributed by atoms with Crippen LogP contribution < -0.4 is 0 Å². The molecule has 0 bridgehead atoms. The van der Waals surface area contributed by atoms with E-state index >= 15 is 0 Å². The van der Waals surface area contributed by atoms with Gasteiger partial charge in [-0.15, -0.1) is 0 Å². The molecule has 338 valence electrons. The van der Waals surface area contributed by atoms with Crippen LogP contribution in [0.1, 0.15) is 35.8 Å². The molecule has 7 nitrogen and oxygen atoms in total. The molecule has 0 fully saturated rings. The third kappa shape index (κ3) is 5.47. The van der Waals surface area contributed by atoms with Crippen LogP contribution in [0.5, 0.6) is 0 Å². The Morgan fingerprint density at radius 2 is 1.03 bits per heavy atom. The van der Waals surface area contributed by atoms with E-state index in [0.717, 1.165) is 68.1 Å². The van der Waals surface area contributed by atoms with Gasteiger partial charge in [0.05, 0.1) is 38.6 Å². The number of hydrogen-bond acceptors (Lipinski definition) is 3. The van der Waals surface area contributed by atoms with Crippen LogP contribution in [-0.2, 0) is 0 Å². The maximum absolute atomic E-state index is 5.79. The summed E-state index contributed by atoms with van der Waals surface area (Å²) in [6.07, 6.45) is 22.1. The lowest BCUT2D eigenvalue weighted by Gasteiger charge is -2.27. The molecule has 0 spiro atoms. The Balaban J connectivity index is 1.06. The zero-order valence-corrected chi connectivity index (χ0v) is 39.1. The van der Waals surface area contributed by atoms with E-state index in [1.54, 1.807) is 0 Å². The Labute approximate surface area is 413 Å². The minimum Gasteiger partial charge on any atom is -0.309 e. The number of aromatic nitrogens is 7. The average Bonchev–Trinajstić information content (AvgIpc) is 4.19. The van der Waals surface area contributed by atoms with Crippen LogP contribution in [0.3, 0.4) is 0 Å². The van der Waals surface area contributed by atoms with Crippen molar-refractivity contribution < 1.29 is 0 Å². The van der Waals surface area contributed by atoms with Crippen molar-refractivity contribution in [3.63, 3.8) is 0 Å². The molecule has 0 saturated carbocycles. The molecule has 16 rings (SSSR count). The first-order chi connectivity index (χ1) is 35.8. The van der Waals surface area contributed by atoms with Crippen LogP contribution >= 0.6 is 0 Å². The number of rotatable bonds is 5. The molecule has 2 atom stereocenters. The van der Waals surface area contributed by atoms with Crippen molar-refractivity contribution >= 4 is 98.7 Å². The fourth-order valence-electron chi connectivity index (χ4n) is 12.6. The van der Waals surface area contributed by atoms with Gasteiger partial charge in [0.2, 0.25) is 11.9 Å². The predicted octanol–water partition coefficient (Wildman–Crippen LogP) is 15.8. The second-order valence-corrected chi connectivity index (χ2v) is 19.4. The van der Waals surface area contributed by atoms with Crippen LogP contribution in [0.25, 0.3) is 122 Å². The highest BCUT2D eigenvalue weighted by Gasteiger charge is 2.34. The van der Waals surface area contributed by atoms with Gasteiger partial charge in [0, 0.05) is 77.6 Å². The quantitative estimate of drug-likeness (QED) is 0.173. The molecule has 0 N–H and O–H groups in total. The molecule has 3 aliphatic carbocycles. The van der Waals surface area contributed by atoms with Crippen molar-refractivity contribution in [2.75, 3.05) is 0 Å². The summed E-state index contributed by atoms with van der Waals surface area (Å²) in [5, 5.41) is 10.7. The number of hydrogen-bond donors (Lipinski definition) is 0. The maximum atomic E-state index is 5.79. The Kier molecular flexibility index (Phi) is 8.28. The average molecular weight is 922 g/mol. The van der Waals surface area contributed by atoms with E-state index in [1.165, 1.54) is 60.0 Å². The number of benzene rings is 8. The molecule has 0 saturated heterocycles. The molecule has 3 aliphatic rings. The van der Waals surface area contributed by atoms with E-state index in [-0.39, 0.29) is 11.8 Å². The van der Waals surface area contributed by atoms with Crippen LogP contribution in [0.2, 0.25) is 0 Å². The number of allylic oxidation sites excluding steroid dienone is 9. The van der Waals surface area contributed by atoms with Crippen molar-refractivity contribution in [3.8, 4) is 23.3 Å². The molecule has 5 aromatic heterocycles. The number of fused-ring (bicyclic) bond motifs is 18. The molecule has 0 radical (unpaired) electrons. The number of nitrogens with zero attached hydrogens (tertiary/aromatic N) is 7. The third-order valence-electron chi connectivity index (χ3n) is 15.6. The van der Waals surface area contributed by atoms with E-state index in [0.29, 0.717) is 17.7 Å². The smallest absolute Gasteiger partial charge is 0.240 e.